The van der Waals surface area contributed by atoms with E-state index in [0.717, 1.165) is 11.1 Å². The van der Waals surface area contributed by atoms with Crippen molar-refractivity contribution in [3.8, 4) is 17.2 Å². The van der Waals surface area contributed by atoms with Crippen LogP contribution in [0.3, 0.4) is 0 Å². The van der Waals surface area contributed by atoms with E-state index in [-0.39, 0.29) is 22.3 Å². The number of halogens is 2. The van der Waals surface area contributed by atoms with Crippen LogP contribution in [0.5, 0.6) is 17.2 Å². The summed E-state index contributed by atoms with van der Waals surface area (Å²) >= 11 is 12.4. The van der Waals surface area contributed by atoms with Crippen molar-refractivity contribution in [2.75, 3.05) is 32.7 Å². The van der Waals surface area contributed by atoms with E-state index in [0.29, 0.717) is 41.7 Å². The van der Waals surface area contributed by atoms with Crippen LogP contribution in [-0.4, -0.2) is 46.0 Å². The molecule has 36 heavy (non-hydrogen) atoms. The summed E-state index contributed by atoms with van der Waals surface area (Å²) in [6.45, 7) is 0.310. The predicted octanol–water partition coefficient (Wildman–Crippen LogP) is 4.78. The first-order chi connectivity index (χ1) is 17.2. The fourth-order valence-electron chi connectivity index (χ4n) is 3.87. The van der Waals surface area contributed by atoms with Crippen molar-refractivity contribution in [2.45, 2.75) is 17.9 Å². The standard InChI is InChI=1S/C25H24Cl2N2O6S/c1-33-23-13-21(24(34-2)12-20(23)27)28-25(30)15-35-22-8-7-18(11-19(22)26)36(31,32)29-10-9-16-5-3-4-6-17(16)14-29/h3-8,11-13H,9-10,14-15H2,1-2H3,(H,28,30). The summed E-state index contributed by atoms with van der Waals surface area (Å²) in [5.74, 6) is 0.403. The number of hydrogen-bond donors (Lipinski definition) is 1. The second-order valence-corrected chi connectivity index (χ2v) is 10.7. The minimum Gasteiger partial charge on any atom is -0.495 e. The van der Waals surface area contributed by atoms with Gasteiger partial charge in [0.05, 0.1) is 34.8 Å². The van der Waals surface area contributed by atoms with Crippen LogP contribution in [0, 0.1) is 0 Å². The Hall–Kier alpha value is -2.98. The fraction of sp³-hybridized carbons (Fsp3) is 0.240. The summed E-state index contributed by atoms with van der Waals surface area (Å²) in [7, 11) is -0.853. The van der Waals surface area contributed by atoms with E-state index in [4.69, 9.17) is 37.4 Å². The molecule has 1 aliphatic heterocycles. The molecule has 0 saturated heterocycles. The SMILES string of the molecule is COc1cc(NC(=O)COc2ccc(S(=O)(=O)N3CCc4ccccc4C3)cc2Cl)c(OC)cc1Cl. The molecule has 1 N–H and O–H groups in total. The largest absolute Gasteiger partial charge is 0.495 e. The molecule has 1 aliphatic rings. The molecule has 3 aromatic carbocycles. The third kappa shape index (κ3) is 5.54. The Balaban J connectivity index is 1.42. The first kappa shape index (κ1) is 26.1. The number of hydrogen-bond acceptors (Lipinski definition) is 6. The monoisotopic (exact) mass is 550 g/mol. The maximum Gasteiger partial charge on any atom is 0.262 e. The van der Waals surface area contributed by atoms with Crippen molar-refractivity contribution in [3.63, 3.8) is 0 Å². The van der Waals surface area contributed by atoms with Crippen LogP contribution < -0.4 is 19.5 Å². The van der Waals surface area contributed by atoms with Crippen LogP contribution in [0.4, 0.5) is 5.69 Å². The van der Waals surface area contributed by atoms with Crippen molar-refractivity contribution < 1.29 is 27.4 Å². The van der Waals surface area contributed by atoms with Crippen molar-refractivity contribution >= 4 is 44.8 Å². The first-order valence-electron chi connectivity index (χ1n) is 10.9. The minimum atomic E-state index is -3.76. The molecule has 0 aromatic heterocycles. The van der Waals surface area contributed by atoms with E-state index in [1.54, 1.807) is 0 Å². The van der Waals surface area contributed by atoms with Gasteiger partial charge in [0.1, 0.15) is 17.2 Å². The summed E-state index contributed by atoms with van der Waals surface area (Å²) in [5, 5.41) is 3.08. The van der Waals surface area contributed by atoms with Gasteiger partial charge in [-0.3, -0.25) is 4.79 Å². The van der Waals surface area contributed by atoms with Gasteiger partial charge in [-0.15, -0.1) is 0 Å². The highest BCUT2D eigenvalue weighted by Gasteiger charge is 2.28. The lowest BCUT2D eigenvalue weighted by molar-refractivity contribution is -0.118. The van der Waals surface area contributed by atoms with Crippen LogP contribution in [-0.2, 0) is 27.8 Å². The van der Waals surface area contributed by atoms with Gasteiger partial charge in [-0.25, -0.2) is 8.42 Å². The second kappa shape index (κ2) is 11.0. The van der Waals surface area contributed by atoms with Crippen LogP contribution in [0.15, 0.2) is 59.5 Å². The number of anilines is 1. The van der Waals surface area contributed by atoms with E-state index in [9.17, 15) is 13.2 Å². The highest BCUT2D eigenvalue weighted by atomic mass is 35.5. The summed E-state index contributed by atoms with van der Waals surface area (Å²) in [4.78, 5) is 12.5. The van der Waals surface area contributed by atoms with Crippen molar-refractivity contribution in [3.05, 3.63) is 75.8 Å². The average molecular weight is 551 g/mol. The molecule has 0 radical (unpaired) electrons. The van der Waals surface area contributed by atoms with Crippen LogP contribution in [0.2, 0.25) is 10.0 Å². The highest BCUT2D eigenvalue weighted by molar-refractivity contribution is 7.89. The molecular weight excluding hydrogens is 527 g/mol. The Morgan fingerprint density at radius 1 is 0.944 bits per heavy atom. The molecule has 0 atom stereocenters. The fourth-order valence-corrected chi connectivity index (χ4v) is 5.85. The number of nitrogens with zero attached hydrogens (tertiary/aromatic N) is 1. The van der Waals surface area contributed by atoms with Crippen LogP contribution >= 0.6 is 23.2 Å². The van der Waals surface area contributed by atoms with E-state index >= 15 is 0 Å². The molecule has 0 fully saturated rings. The molecule has 3 aromatic rings. The Bertz CT molecular complexity index is 1400. The Labute approximate surface area is 219 Å². The molecule has 0 unspecified atom stereocenters. The highest BCUT2D eigenvalue weighted by Crippen LogP contribution is 2.36. The number of nitrogens with one attached hydrogen (secondary N) is 1. The summed E-state index contributed by atoms with van der Waals surface area (Å²) < 4.78 is 43.8. The molecular formula is C25H24Cl2N2O6S. The quantitative estimate of drug-likeness (QED) is 0.434. The van der Waals surface area contributed by atoms with E-state index in [2.05, 4.69) is 5.32 Å². The number of rotatable bonds is 8. The third-order valence-corrected chi connectivity index (χ3v) is 8.18. The van der Waals surface area contributed by atoms with Crippen molar-refractivity contribution in [1.82, 2.24) is 4.31 Å². The van der Waals surface area contributed by atoms with Gasteiger partial charge in [-0.05, 0) is 35.7 Å². The normalized spacial score (nSPS) is 13.6. The van der Waals surface area contributed by atoms with Gasteiger partial charge in [0, 0.05) is 25.2 Å². The van der Waals surface area contributed by atoms with E-state index in [1.807, 2.05) is 24.3 Å². The van der Waals surface area contributed by atoms with E-state index < -0.39 is 15.9 Å². The molecule has 0 bridgehead atoms. The number of ether oxygens (including phenoxy) is 3. The zero-order chi connectivity index (χ0) is 25.9. The zero-order valence-corrected chi connectivity index (χ0v) is 21.9. The zero-order valence-electron chi connectivity index (χ0n) is 19.6. The van der Waals surface area contributed by atoms with Gasteiger partial charge in [0.2, 0.25) is 10.0 Å². The van der Waals surface area contributed by atoms with Gasteiger partial charge in [-0.1, -0.05) is 47.5 Å². The maximum atomic E-state index is 13.2. The summed E-state index contributed by atoms with van der Waals surface area (Å²) in [5.41, 5.74) is 2.49. The van der Waals surface area contributed by atoms with Gasteiger partial charge in [-0.2, -0.15) is 4.31 Å². The topological polar surface area (TPSA) is 94.2 Å². The number of amides is 1. The minimum absolute atomic E-state index is 0.0571. The molecule has 0 saturated carbocycles. The third-order valence-electron chi connectivity index (χ3n) is 5.74. The summed E-state index contributed by atoms with van der Waals surface area (Å²) in [6.07, 6.45) is 0.643. The smallest absolute Gasteiger partial charge is 0.262 e. The number of methoxy groups -OCH3 is 2. The Morgan fingerprint density at radius 2 is 1.64 bits per heavy atom. The van der Waals surface area contributed by atoms with Crippen LogP contribution in [0.1, 0.15) is 11.1 Å². The lowest BCUT2D eigenvalue weighted by atomic mass is 10.0. The lowest BCUT2D eigenvalue weighted by Gasteiger charge is -2.28. The lowest BCUT2D eigenvalue weighted by Crippen LogP contribution is -2.35. The number of fused-ring (bicyclic) bond motifs is 1. The molecule has 1 heterocycles. The Morgan fingerprint density at radius 3 is 2.33 bits per heavy atom. The van der Waals surface area contributed by atoms with Gasteiger partial charge >= 0.3 is 0 Å². The Kier molecular flexibility index (Phi) is 7.94. The van der Waals surface area contributed by atoms with Crippen molar-refractivity contribution in [1.29, 1.82) is 0 Å². The molecule has 0 spiro atoms. The molecule has 1 amide bonds. The van der Waals surface area contributed by atoms with Gasteiger partial charge in [0.15, 0.2) is 6.61 Å². The van der Waals surface area contributed by atoms with Gasteiger partial charge in [0.25, 0.3) is 5.91 Å². The maximum absolute atomic E-state index is 13.2. The number of benzene rings is 3. The molecule has 0 aliphatic carbocycles. The molecule has 190 valence electrons. The average Bonchev–Trinajstić information content (AvgIpc) is 2.88. The number of carbonyl (C=O) groups is 1. The van der Waals surface area contributed by atoms with Gasteiger partial charge < -0.3 is 19.5 Å². The number of sulfonamides is 1. The predicted molar refractivity (Wildman–Crippen MR) is 138 cm³/mol. The number of carbonyl (C=O) groups excluding carboxylic acids is 1. The van der Waals surface area contributed by atoms with E-state index in [1.165, 1.54) is 48.9 Å². The molecule has 4 rings (SSSR count). The summed E-state index contributed by atoms with van der Waals surface area (Å²) in [6, 6.07) is 15.0. The second-order valence-electron chi connectivity index (χ2n) is 7.97. The van der Waals surface area contributed by atoms with Crippen LogP contribution in [0.25, 0.3) is 0 Å². The molecule has 11 heteroatoms. The molecule has 8 nitrogen and oxygen atoms in total. The van der Waals surface area contributed by atoms with Crippen molar-refractivity contribution in [2.24, 2.45) is 0 Å². The first-order valence-corrected chi connectivity index (χ1v) is 13.1.